The molecule has 0 unspecified atom stereocenters. The summed E-state index contributed by atoms with van der Waals surface area (Å²) in [5.41, 5.74) is 1.18. The van der Waals surface area contributed by atoms with Crippen molar-refractivity contribution in [1.29, 1.82) is 0 Å². The van der Waals surface area contributed by atoms with Gasteiger partial charge in [-0.15, -0.1) is 6.42 Å². The molecule has 0 radical (unpaired) electrons. The Hall–Kier alpha value is -2.01. The monoisotopic (exact) mass is 169 g/mol. The van der Waals surface area contributed by atoms with Crippen molar-refractivity contribution in [2.75, 3.05) is 0 Å². The molecule has 2 aromatic rings. The molecule has 1 aromatic carbocycles. The Morgan fingerprint density at radius 2 is 2.08 bits per heavy atom. The summed E-state index contributed by atoms with van der Waals surface area (Å²) in [5.74, 6) is 2.29. The van der Waals surface area contributed by atoms with Crippen LogP contribution in [-0.4, -0.2) is 10.1 Å². The number of nitrogens with zero attached hydrogens (tertiary/aromatic N) is 1. The van der Waals surface area contributed by atoms with Crippen molar-refractivity contribution in [1.82, 2.24) is 4.98 Å². The number of hydrogen-bond donors (Lipinski definition) is 1. The van der Waals surface area contributed by atoms with E-state index >= 15 is 0 Å². The summed E-state index contributed by atoms with van der Waals surface area (Å²) in [7, 11) is 0. The van der Waals surface area contributed by atoms with Gasteiger partial charge in [-0.3, -0.25) is 0 Å². The Morgan fingerprint density at radius 1 is 1.31 bits per heavy atom. The summed E-state index contributed by atoms with van der Waals surface area (Å²) in [4.78, 5) is 3.96. The standard InChI is InChI=1S/C11H7NO/c1-2-8-7-9-5-3-4-6-10(9)12-11(8)13/h1,3-7H,(H,12,13). The highest BCUT2D eigenvalue weighted by molar-refractivity contribution is 5.80. The van der Waals surface area contributed by atoms with Crippen LogP contribution in [0.5, 0.6) is 5.88 Å². The second-order valence-electron chi connectivity index (χ2n) is 2.70. The highest BCUT2D eigenvalue weighted by Crippen LogP contribution is 2.19. The van der Waals surface area contributed by atoms with E-state index in [1.54, 1.807) is 6.07 Å². The molecule has 0 bridgehead atoms. The summed E-state index contributed by atoms with van der Waals surface area (Å²) in [6.45, 7) is 0. The van der Waals surface area contributed by atoms with Crippen LogP contribution in [0.3, 0.4) is 0 Å². The van der Waals surface area contributed by atoms with Gasteiger partial charge in [-0.1, -0.05) is 24.1 Å². The topological polar surface area (TPSA) is 33.1 Å². The van der Waals surface area contributed by atoms with Crippen LogP contribution in [0.15, 0.2) is 30.3 Å². The van der Waals surface area contributed by atoms with Crippen molar-refractivity contribution in [2.24, 2.45) is 0 Å². The fourth-order valence-corrected chi connectivity index (χ4v) is 1.21. The van der Waals surface area contributed by atoms with Crippen molar-refractivity contribution < 1.29 is 5.11 Å². The fourth-order valence-electron chi connectivity index (χ4n) is 1.21. The minimum atomic E-state index is -0.0822. The molecule has 0 aliphatic rings. The highest BCUT2D eigenvalue weighted by Gasteiger charge is 2.01. The lowest BCUT2D eigenvalue weighted by atomic mass is 10.1. The molecule has 0 atom stereocenters. The molecule has 2 rings (SSSR count). The smallest absolute Gasteiger partial charge is 0.227 e. The fraction of sp³-hybridized carbons (Fsp3) is 0. The minimum Gasteiger partial charge on any atom is -0.492 e. The summed E-state index contributed by atoms with van der Waals surface area (Å²) in [6, 6.07) is 9.25. The van der Waals surface area contributed by atoms with Crippen LogP contribution in [0.25, 0.3) is 10.9 Å². The molecule has 2 nitrogen and oxygen atoms in total. The van der Waals surface area contributed by atoms with Crippen molar-refractivity contribution in [2.45, 2.75) is 0 Å². The average molecular weight is 169 g/mol. The van der Waals surface area contributed by atoms with E-state index in [0.717, 1.165) is 10.9 Å². The first kappa shape index (κ1) is 7.63. The molecule has 0 saturated heterocycles. The molecule has 0 fully saturated rings. The summed E-state index contributed by atoms with van der Waals surface area (Å²) in [5, 5.41) is 10.3. The van der Waals surface area contributed by atoms with Gasteiger partial charge in [0.1, 0.15) is 0 Å². The number of pyridine rings is 1. The van der Waals surface area contributed by atoms with Crippen LogP contribution < -0.4 is 0 Å². The maximum Gasteiger partial charge on any atom is 0.227 e. The first-order valence-corrected chi connectivity index (χ1v) is 3.86. The quantitative estimate of drug-likeness (QED) is 0.611. The second-order valence-corrected chi connectivity index (χ2v) is 2.70. The second kappa shape index (κ2) is 2.80. The molecule has 0 spiro atoms. The molecule has 0 aliphatic heterocycles. The van der Waals surface area contributed by atoms with Gasteiger partial charge < -0.3 is 5.11 Å². The Morgan fingerprint density at radius 3 is 2.85 bits per heavy atom. The van der Waals surface area contributed by atoms with Crippen molar-refractivity contribution >= 4 is 10.9 Å². The van der Waals surface area contributed by atoms with Crippen LogP contribution in [0.2, 0.25) is 0 Å². The third-order valence-electron chi connectivity index (χ3n) is 1.86. The molecule has 2 heteroatoms. The largest absolute Gasteiger partial charge is 0.492 e. The predicted molar refractivity (Wildman–Crippen MR) is 51.3 cm³/mol. The Balaban J connectivity index is 2.83. The maximum atomic E-state index is 9.35. The normalized spacial score (nSPS) is 9.77. The van der Waals surface area contributed by atoms with E-state index in [2.05, 4.69) is 10.9 Å². The third kappa shape index (κ3) is 1.21. The van der Waals surface area contributed by atoms with Crippen LogP contribution in [0.1, 0.15) is 5.56 Å². The van der Waals surface area contributed by atoms with Gasteiger partial charge in [0, 0.05) is 5.39 Å². The van der Waals surface area contributed by atoms with Crippen LogP contribution >= 0.6 is 0 Å². The van der Waals surface area contributed by atoms with Crippen molar-refractivity contribution in [3.05, 3.63) is 35.9 Å². The first-order chi connectivity index (χ1) is 6.31. The van der Waals surface area contributed by atoms with E-state index in [9.17, 15) is 5.11 Å². The average Bonchev–Trinajstić information content (AvgIpc) is 2.17. The Bertz CT molecular complexity index is 497. The van der Waals surface area contributed by atoms with E-state index in [1.807, 2.05) is 24.3 Å². The minimum absolute atomic E-state index is 0.0822. The lowest BCUT2D eigenvalue weighted by molar-refractivity contribution is 0.454. The van der Waals surface area contributed by atoms with Crippen LogP contribution in [-0.2, 0) is 0 Å². The highest BCUT2D eigenvalue weighted by atomic mass is 16.3. The molecule has 62 valence electrons. The lowest BCUT2D eigenvalue weighted by Gasteiger charge is -1.99. The molecule has 1 heterocycles. The number of hydrogen-bond acceptors (Lipinski definition) is 2. The van der Waals surface area contributed by atoms with E-state index in [-0.39, 0.29) is 5.88 Å². The van der Waals surface area contributed by atoms with E-state index in [1.165, 1.54) is 0 Å². The van der Waals surface area contributed by atoms with Gasteiger partial charge in [0.05, 0.1) is 11.1 Å². The molecular weight excluding hydrogens is 162 g/mol. The van der Waals surface area contributed by atoms with E-state index < -0.39 is 0 Å². The molecular formula is C11H7NO. The van der Waals surface area contributed by atoms with Gasteiger partial charge in [-0.25, -0.2) is 4.98 Å². The first-order valence-electron chi connectivity index (χ1n) is 3.86. The zero-order chi connectivity index (χ0) is 9.26. The van der Waals surface area contributed by atoms with Gasteiger partial charge in [0.25, 0.3) is 0 Å². The summed E-state index contributed by atoms with van der Waals surface area (Å²) in [6.07, 6.45) is 5.19. The number of para-hydroxylation sites is 1. The summed E-state index contributed by atoms with van der Waals surface area (Å²) >= 11 is 0. The zero-order valence-corrected chi connectivity index (χ0v) is 6.86. The predicted octanol–water partition coefficient (Wildman–Crippen LogP) is 1.92. The van der Waals surface area contributed by atoms with Gasteiger partial charge >= 0.3 is 0 Å². The lowest BCUT2D eigenvalue weighted by Crippen LogP contribution is -1.83. The van der Waals surface area contributed by atoms with Crippen molar-refractivity contribution in [3.63, 3.8) is 0 Å². The number of aromatic nitrogens is 1. The molecule has 0 saturated carbocycles. The Labute approximate surface area is 75.9 Å². The van der Waals surface area contributed by atoms with Crippen LogP contribution in [0.4, 0.5) is 0 Å². The molecule has 0 aliphatic carbocycles. The van der Waals surface area contributed by atoms with Gasteiger partial charge in [-0.05, 0) is 12.1 Å². The number of fused-ring (bicyclic) bond motifs is 1. The van der Waals surface area contributed by atoms with Crippen LogP contribution in [0, 0.1) is 12.3 Å². The molecule has 1 N–H and O–H groups in total. The Kier molecular flexibility index (Phi) is 1.64. The zero-order valence-electron chi connectivity index (χ0n) is 6.86. The number of aromatic hydroxyl groups is 1. The number of rotatable bonds is 0. The number of terminal acetylenes is 1. The van der Waals surface area contributed by atoms with Gasteiger partial charge in [-0.2, -0.15) is 0 Å². The van der Waals surface area contributed by atoms with Gasteiger partial charge in [0.2, 0.25) is 5.88 Å². The van der Waals surface area contributed by atoms with Gasteiger partial charge in [0.15, 0.2) is 0 Å². The SMILES string of the molecule is C#Cc1cc2ccccc2nc1O. The third-order valence-corrected chi connectivity index (χ3v) is 1.86. The number of benzene rings is 1. The maximum absolute atomic E-state index is 9.35. The van der Waals surface area contributed by atoms with Crippen molar-refractivity contribution in [3.8, 4) is 18.2 Å². The summed E-state index contributed by atoms with van der Waals surface area (Å²) < 4.78 is 0. The molecule has 1 aromatic heterocycles. The molecule has 13 heavy (non-hydrogen) atoms. The molecule has 0 amide bonds. The van der Waals surface area contributed by atoms with E-state index in [0.29, 0.717) is 5.56 Å². The van der Waals surface area contributed by atoms with E-state index in [4.69, 9.17) is 6.42 Å².